The van der Waals surface area contributed by atoms with Gasteiger partial charge < -0.3 is 10.6 Å². The lowest BCUT2D eigenvalue weighted by atomic mass is 10.1. The molecule has 0 aliphatic carbocycles. The van der Waals surface area contributed by atoms with Crippen molar-refractivity contribution in [2.75, 3.05) is 25.0 Å². The van der Waals surface area contributed by atoms with Crippen LogP contribution in [0.3, 0.4) is 0 Å². The Hall–Kier alpha value is -0.580. The van der Waals surface area contributed by atoms with E-state index in [-0.39, 0.29) is 6.04 Å². The molecule has 0 bridgehead atoms. The van der Waals surface area contributed by atoms with Crippen LogP contribution in [0.5, 0.6) is 0 Å². The van der Waals surface area contributed by atoms with Crippen molar-refractivity contribution in [3.63, 3.8) is 0 Å². The summed E-state index contributed by atoms with van der Waals surface area (Å²) in [7, 11) is 2.21. The van der Waals surface area contributed by atoms with Gasteiger partial charge in [0.25, 0.3) is 0 Å². The minimum atomic E-state index is 0.0637. The molecule has 0 saturated carbocycles. The summed E-state index contributed by atoms with van der Waals surface area (Å²) in [5.74, 6) is 0. The molecule has 19 heavy (non-hydrogen) atoms. The van der Waals surface area contributed by atoms with E-state index in [9.17, 15) is 0 Å². The van der Waals surface area contributed by atoms with Gasteiger partial charge in [0.1, 0.15) is 0 Å². The minimum Gasteiger partial charge on any atom is -0.368 e. The fourth-order valence-corrected chi connectivity index (χ4v) is 3.43. The van der Waals surface area contributed by atoms with Crippen LogP contribution in [0.2, 0.25) is 0 Å². The molecule has 1 fully saturated rings. The van der Waals surface area contributed by atoms with E-state index in [1.165, 1.54) is 11.3 Å². The van der Waals surface area contributed by atoms with Gasteiger partial charge in [-0.3, -0.25) is 4.90 Å². The summed E-state index contributed by atoms with van der Waals surface area (Å²) in [6.07, 6.45) is 0. The van der Waals surface area contributed by atoms with Crippen molar-refractivity contribution in [3.8, 4) is 0 Å². The van der Waals surface area contributed by atoms with Crippen LogP contribution in [0, 0.1) is 0 Å². The van der Waals surface area contributed by atoms with Gasteiger partial charge in [-0.2, -0.15) is 0 Å². The molecule has 3 nitrogen and oxygen atoms in total. The number of nitrogens with two attached hydrogens (primary N) is 1. The Labute approximate surface area is 124 Å². The topological polar surface area (TPSA) is 32.5 Å². The van der Waals surface area contributed by atoms with Crippen molar-refractivity contribution < 1.29 is 0 Å². The Kier molecular flexibility index (Phi) is 4.54. The molecule has 1 aromatic carbocycles. The Balaban J connectivity index is 2.21. The number of nitrogens with zero attached hydrogens (tertiary/aromatic N) is 2. The number of hydrogen-bond donors (Lipinski definition) is 1. The first-order chi connectivity index (χ1) is 8.90. The van der Waals surface area contributed by atoms with Crippen LogP contribution >= 0.6 is 15.9 Å². The molecule has 1 aliphatic rings. The van der Waals surface area contributed by atoms with Gasteiger partial charge in [-0.15, -0.1) is 0 Å². The fourth-order valence-electron chi connectivity index (χ4n) is 2.70. The molecule has 2 rings (SSSR count). The highest BCUT2D eigenvalue weighted by atomic mass is 79.9. The third-order valence-corrected chi connectivity index (χ3v) is 4.89. The molecule has 4 heteroatoms. The van der Waals surface area contributed by atoms with Crippen LogP contribution in [-0.2, 0) is 0 Å². The third-order valence-electron chi connectivity index (χ3n) is 4.20. The number of anilines is 1. The molecule has 1 aromatic rings. The summed E-state index contributed by atoms with van der Waals surface area (Å²) in [4.78, 5) is 4.91. The molecule has 0 aromatic heterocycles. The molecular formula is C15H24BrN3. The highest BCUT2D eigenvalue weighted by Gasteiger charge is 2.26. The van der Waals surface area contributed by atoms with Crippen LogP contribution in [0.1, 0.15) is 32.4 Å². The van der Waals surface area contributed by atoms with Crippen LogP contribution in [0.25, 0.3) is 0 Å². The van der Waals surface area contributed by atoms with Crippen LogP contribution in [0.15, 0.2) is 22.7 Å². The maximum atomic E-state index is 5.96. The lowest BCUT2D eigenvalue weighted by molar-refractivity contribution is 0.170. The zero-order valence-electron chi connectivity index (χ0n) is 12.2. The zero-order chi connectivity index (χ0) is 14.2. The predicted octanol–water partition coefficient (Wildman–Crippen LogP) is 3.00. The van der Waals surface area contributed by atoms with Gasteiger partial charge >= 0.3 is 0 Å². The van der Waals surface area contributed by atoms with E-state index in [1.807, 2.05) is 6.92 Å². The van der Waals surface area contributed by atoms with E-state index in [4.69, 9.17) is 5.73 Å². The fraction of sp³-hybridized carbons (Fsp3) is 0.600. The normalized spacial score (nSPS) is 26.5. The molecule has 0 spiro atoms. The van der Waals surface area contributed by atoms with Crippen LogP contribution in [-0.4, -0.2) is 37.1 Å². The average Bonchev–Trinajstić information content (AvgIpc) is 2.34. The lowest BCUT2D eigenvalue weighted by Crippen LogP contribution is -2.55. The average molecular weight is 326 g/mol. The van der Waals surface area contributed by atoms with E-state index >= 15 is 0 Å². The highest BCUT2D eigenvalue weighted by molar-refractivity contribution is 9.10. The highest BCUT2D eigenvalue weighted by Crippen LogP contribution is 2.29. The molecule has 2 unspecified atom stereocenters. The molecule has 0 amide bonds. The van der Waals surface area contributed by atoms with Gasteiger partial charge in [0.15, 0.2) is 0 Å². The van der Waals surface area contributed by atoms with Gasteiger partial charge in [-0.05, 0) is 45.5 Å². The lowest BCUT2D eigenvalue weighted by Gasteiger charge is -2.43. The quantitative estimate of drug-likeness (QED) is 0.907. The Morgan fingerprint density at radius 1 is 1.26 bits per heavy atom. The molecule has 1 aliphatic heterocycles. The first-order valence-electron chi connectivity index (χ1n) is 6.92. The van der Waals surface area contributed by atoms with E-state index in [2.05, 4.69) is 64.8 Å². The molecule has 3 atom stereocenters. The monoisotopic (exact) mass is 325 g/mol. The number of hydrogen-bond acceptors (Lipinski definition) is 3. The second kappa shape index (κ2) is 5.81. The first kappa shape index (κ1) is 14.8. The maximum absolute atomic E-state index is 5.96. The molecule has 1 saturated heterocycles. The van der Waals surface area contributed by atoms with E-state index in [0.717, 1.165) is 17.6 Å². The predicted molar refractivity (Wildman–Crippen MR) is 85.6 cm³/mol. The van der Waals surface area contributed by atoms with Crippen molar-refractivity contribution in [1.29, 1.82) is 0 Å². The minimum absolute atomic E-state index is 0.0637. The molecule has 1 heterocycles. The van der Waals surface area contributed by atoms with Crippen molar-refractivity contribution in [2.45, 2.75) is 38.9 Å². The van der Waals surface area contributed by atoms with Gasteiger partial charge in [0.2, 0.25) is 0 Å². The maximum Gasteiger partial charge on any atom is 0.0378 e. The summed E-state index contributed by atoms with van der Waals surface area (Å²) in [5, 5.41) is 0. The van der Waals surface area contributed by atoms with Crippen molar-refractivity contribution in [1.82, 2.24) is 4.90 Å². The Bertz CT molecular complexity index is 435. The third kappa shape index (κ3) is 3.12. The summed E-state index contributed by atoms with van der Waals surface area (Å²) in [6, 6.07) is 7.75. The van der Waals surface area contributed by atoms with Crippen molar-refractivity contribution in [2.24, 2.45) is 5.73 Å². The largest absolute Gasteiger partial charge is 0.368 e. The van der Waals surface area contributed by atoms with E-state index in [0.29, 0.717) is 12.1 Å². The SMILES string of the molecule is CC1CN(c2ccc([C@@H](C)N)c(Br)c2)CC(C)N1C. The first-order valence-corrected chi connectivity index (χ1v) is 7.71. The van der Waals surface area contributed by atoms with Gasteiger partial charge in [0.05, 0.1) is 0 Å². The Morgan fingerprint density at radius 2 is 1.84 bits per heavy atom. The summed E-state index contributed by atoms with van der Waals surface area (Å²) < 4.78 is 1.11. The molecule has 2 N–H and O–H groups in total. The molecule has 106 valence electrons. The summed E-state index contributed by atoms with van der Waals surface area (Å²) >= 11 is 3.64. The number of rotatable bonds is 2. The standard InChI is InChI=1S/C15H24BrN3/c1-10-8-19(9-11(2)18(10)4)13-5-6-14(12(3)17)15(16)7-13/h5-7,10-12H,8-9,17H2,1-4H3/t10?,11?,12-/m1/s1. The van der Waals surface area contributed by atoms with Crippen LogP contribution < -0.4 is 10.6 Å². The van der Waals surface area contributed by atoms with Gasteiger partial charge in [0, 0.05) is 41.4 Å². The smallest absolute Gasteiger partial charge is 0.0378 e. The Morgan fingerprint density at radius 3 is 2.32 bits per heavy atom. The molecular weight excluding hydrogens is 302 g/mol. The number of halogens is 1. The van der Waals surface area contributed by atoms with Gasteiger partial charge in [-0.25, -0.2) is 0 Å². The number of likely N-dealkylation sites (N-methyl/N-ethyl adjacent to an activating group) is 1. The number of benzene rings is 1. The van der Waals surface area contributed by atoms with E-state index < -0.39 is 0 Å². The van der Waals surface area contributed by atoms with Crippen molar-refractivity contribution >= 4 is 21.6 Å². The van der Waals surface area contributed by atoms with Gasteiger partial charge in [-0.1, -0.05) is 22.0 Å². The zero-order valence-corrected chi connectivity index (χ0v) is 13.8. The van der Waals surface area contributed by atoms with E-state index in [1.54, 1.807) is 0 Å². The number of piperazine rings is 1. The van der Waals surface area contributed by atoms with Crippen LogP contribution in [0.4, 0.5) is 5.69 Å². The second-order valence-corrected chi connectivity index (χ2v) is 6.62. The van der Waals surface area contributed by atoms with Crippen molar-refractivity contribution in [3.05, 3.63) is 28.2 Å². The second-order valence-electron chi connectivity index (χ2n) is 5.76. The molecule has 0 radical (unpaired) electrons. The summed E-state index contributed by atoms with van der Waals surface area (Å²) in [6.45, 7) is 8.73. The summed E-state index contributed by atoms with van der Waals surface area (Å²) in [5.41, 5.74) is 8.40.